The van der Waals surface area contributed by atoms with Crippen LogP contribution in [-0.4, -0.2) is 13.9 Å². The molecular weight excluding hydrogens is 226 g/mol. The number of rotatable bonds is 3. The van der Waals surface area contributed by atoms with Crippen LogP contribution < -0.4 is 0 Å². The second kappa shape index (κ2) is 4.59. The Balaban J connectivity index is 2.40. The Morgan fingerprint density at radius 2 is 2.25 bits per heavy atom. The van der Waals surface area contributed by atoms with Gasteiger partial charge in [0.05, 0.1) is 10.6 Å². The van der Waals surface area contributed by atoms with Gasteiger partial charge in [-0.2, -0.15) is 0 Å². The Hall–Kier alpha value is -1.46. The van der Waals surface area contributed by atoms with Crippen molar-refractivity contribution in [3.63, 3.8) is 0 Å². The second-order valence-electron chi connectivity index (χ2n) is 3.31. The first-order chi connectivity index (χ1) is 7.70. The molecule has 1 heterocycles. The molecule has 1 unspecified atom stereocenters. The minimum absolute atomic E-state index is 0.354. The van der Waals surface area contributed by atoms with Gasteiger partial charge >= 0.3 is 0 Å². The molecule has 0 bridgehead atoms. The molecule has 0 fully saturated rings. The third kappa shape index (κ3) is 2.20. The van der Waals surface area contributed by atoms with E-state index in [4.69, 9.17) is 9.08 Å². The van der Waals surface area contributed by atoms with Crippen molar-refractivity contribution in [3.8, 4) is 11.3 Å². The summed E-state index contributed by atoms with van der Waals surface area (Å²) in [6, 6.07) is 8.58. The molecule has 0 saturated carbocycles. The maximum absolute atomic E-state index is 10.9. The van der Waals surface area contributed by atoms with Crippen molar-refractivity contribution in [3.05, 3.63) is 36.0 Å². The van der Waals surface area contributed by atoms with Crippen molar-refractivity contribution in [2.24, 2.45) is 0 Å². The fourth-order valence-corrected chi connectivity index (χ4v) is 1.80. The van der Waals surface area contributed by atoms with E-state index in [9.17, 15) is 4.21 Å². The molecule has 0 aliphatic heterocycles. The van der Waals surface area contributed by atoms with Crippen LogP contribution in [0.1, 0.15) is 12.6 Å². The molecule has 1 N–H and O–H groups in total. The molecule has 0 saturated heterocycles. The maximum Gasteiger partial charge on any atom is 0.186 e. The van der Waals surface area contributed by atoms with Gasteiger partial charge in [0.2, 0.25) is 0 Å². The van der Waals surface area contributed by atoms with Gasteiger partial charge in [0.25, 0.3) is 0 Å². The van der Waals surface area contributed by atoms with Crippen LogP contribution in [0.2, 0.25) is 0 Å². The average molecular weight is 237 g/mol. The lowest BCUT2D eigenvalue weighted by Gasteiger charge is -1.97. The predicted molar refractivity (Wildman–Crippen MR) is 60.4 cm³/mol. The first-order valence-electron chi connectivity index (χ1n) is 4.87. The molecule has 0 amide bonds. The molecule has 2 aromatic rings. The van der Waals surface area contributed by atoms with Crippen molar-refractivity contribution >= 4 is 11.1 Å². The van der Waals surface area contributed by atoms with Crippen molar-refractivity contribution in [2.75, 3.05) is 0 Å². The lowest BCUT2D eigenvalue weighted by atomic mass is 10.1. The molecule has 2 rings (SSSR count). The van der Waals surface area contributed by atoms with Gasteiger partial charge in [0.1, 0.15) is 0 Å². The van der Waals surface area contributed by atoms with Gasteiger partial charge in [-0.15, -0.1) is 0 Å². The summed E-state index contributed by atoms with van der Waals surface area (Å²) in [6.07, 6.45) is 0.801. The monoisotopic (exact) mass is 237 g/mol. The summed E-state index contributed by atoms with van der Waals surface area (Å²) in [7, 11) is 0. The van der Waals surface area contributed by atoms with Gasteiger partial charge < -0.3 is 9.08 Å². The van der Waals surface area contributed by atoms with Gasteiger partial charge in [-0.3, -0.25) is 0 Å². The highest BCUT2D eigenvalue weighted by Gasteiger charge is 2.07. The molecule has 0 aliphatic carbocycles. The maximum atomic E-state index is 10.9. The molecule has 84 valence electrons. The minimum Gasteiger partial charge on any atom is -0.356 e. The van der Waals surface area contributed by atoms with Gasteiger partial charge in [0.15, 0.2) is 16.8 Å². The third-order valence-corrected chi connectivity index (χ3v) is 2.90. The Bertz CT molecular complexity index is 521. The number of hydrogen-bond acceptors (Lipinski definition) is 3. The summed E-state index contributed by atoms with van der Waals surface area (Å²) in [5.41, 5.74) is 1.62. The van der Waals surface area contributed by atoms with Crippen molar-refractivity contribution in [1.29, 1.82) is 0 Å². The average Bonchev–Trinajstić information content (AvgIpc) is 2.77. The topological polar surface area (TPSA) is 63.3 Å². The molecule has 1 aromatic heterocycles. The standard InChI is InChI=1S/C11H11NO3S/c1-2-9-7-11(15-12-9)8-4-3-5-10(6-8)16(13)14/h3-7H,2H2,1H3,(H,13,14). The smallest absolute Gasteiger partial charge is 0.186 e. The molecule has 0 aliphatic rings. The molecular formula is C11H11NO3S. The zero-order valence-electron chi connectivity index (χ0n) is 8.71. The van der Waals surface area contributed by atoms with Crippen LogP contribution in [0.15, 0.2) is 39.8 Å². The Kier molecular flexibility index (Phi) is 3.17. The van der Waals surface area contributed by atoms with Gasteiger partial charge in [-0.1, -0.05) is 24.2 Å². The highest BCUT2D eigenvalue weighted by Crippen LogP contribution is 2.22. The van der Waals surface area contributed by atoms with E-state index < -0.39 is 11.1 Å². The van der Waals surface area contributed by atoms with Gasteiger partial charge in [0, 0.05) is 11.6 Å². The van der Waals surface area contributed by atoms with E-state index in [1.165, 1.54) is 0 Å². The Labute approximate surface area is 95.6 Å². The van der Waals surface area contributed by atoms with E-state index in [2.05, 4.69) is 5.16 Å². The molecule has 1 atom stereocenters. The highest BCUT2D eigenvalue weighted by molar-refractivity contribution is 7.79. The highest BCUT2D eigenvalue weighted by atomic mass is 32.2. The van der Waals surface area contributed by atoms with E-state index in [0.717, 1.165) is 17.7 Å². The largest absolute Gasteiger partial charge is 0.356 e. The van der Waals surface area contributed by atoms with Crippen LogP contribution in [-0.2, 0) is 17.5 Å². The zero-order valence-corrected chi connectivity index (χ0v) is 9.53. The van der Waals surface area contributed by atoms with E-state index >= 15 is 0 Å². The Morgan fingerprint density at radius 1 is 1.44 bits per heavy atom. The molecule has 5 heteroatoms. The SMILES string of the molecule is CCc1cc(-c2cccc(S(=O)O)c2)on1. The summed E-state index contributed by atoms with van der Waals surface area (Å²) in [6.45, 7) is 1.99. The van der Waals surface area contributed by atoms with Crippen molar-refractivity contribution in [2.45, 2.75) is 18.2 Å². The molecule has 0 radical (unpaired) electrons. The van der Waals surface area contributed by atoms with E-state index in [1.54, 1.807) is 18.2 Å². The molecule has 16 heavy (non-hydrogen) atoms. The summed E-state index contributed by atoms with van der Waals surface area (Å²) in [5.74, 6) is 0.615. The summed E-state index contributed by atoms with van der Waals surface area (Å²) in [5, 5.41) is 3.87. The quantitative estimate of drug-likeness (QED) is 0.833. The summed E-state index contributed by atoms with van der Waals surface area (Å²) < 4.78 is 25.0. The van der Waals surface area contributed by atoms with Crippen LogP contribution in [0.4, 0.5) is 0 Å². The first-order valence-corrected chi connectivity index (χ1v) is 5.98. The lowest BCUT2D eigenvalue weighted by molar-refractivity contribution is 0.424. The van der Waals surface area contributed by atoms with Crippen LogP contribution in [0.3, 0.4) is 0 Å². The van der Waals surface area contributed by atoms with Crippen molar-refractivity contribution < 1.29 is 13.3 Å². The van der Waals surface area contributed by atoms with E-state index in [0.29, 0.717) is 10.7 Å². The normalized spacial score (nSPS) is 12.6. The number of hydrogen-bond donors (Lipinski definition) is 1. The van der Waals surface area contributed by atoms with Crippen LogP contribution in [0, 0.1) is 0 Å². The second-order valence-corrected chi connectivity index (χ2v) is 4.28. The van der Waals surface area contributed by atoms with Crippen LogP contribution >= 0.6 is 0 Å². The van der Waals surface area contributed by atoms with E-state index in [1.807, 2.05) is 19.1 Å². The lowest BCUT2D eigenvalue weighted by Crippen LogP contribution is -1.87. The fraction of sp³-hybridized carbons (Fsp3) is 0.182. The summed E-state index contributed by atoms with van der Waals surface area (Å²) in [4.78, 5) is 0.354. The molecule has 4 nitrogen and oxygen atoms in total. The number of aryl methyl sites for hydroxylation is 1. The molecule has 0 spiro atoms. The van der Waals surface area contributed by atoms with Gasteiger partial charge in [-0.05, 0) is 18.6 Å². The van der Waals surface area contributed by atoms with Crippen LogP contribution in [0.5, 0.6) is 0 Å². The number of aromatic nitrogens is 1. The predicted octanol–water partition coefficient (Wildman–Crippen LogP) is 2.48. The summed E-state index contributed by atoms with van der Waals surface area (Å²) >= 11 is -1.97. The van der Waals surface area contributed by atoms with E-state index in [-0.39, 0.29) is 0 Å². The minimum atomic E-state index is -1.97. The zero-order chi connectivity index (χ0) is 11.5. The molecule has 1 aromatic carbocycles. The van der Waals surface area contributed by atoms with Gasteiger partial charge in [-0.25, -0.2) is 4.21 Å². The third-order valence-electron chi connectivity index (χ3n) is 2.24. The first kappa shape index (κ1) is 11.0. The number of benzene rings is 1. The Morgan fingerprint density at radius 3 is 2.88 bits per heavy atom. The van der Waals surface area contributed by atoms with Crippen molar-refractivity contribution in [1.82, 2.24) is 5.16 Å². The van der Waals surface area contributed by atoms with Crippen LogP contribution in [0.25, 0.3) is 11.3 Å². The fourth-order valence-electron chi connectivity index (χ4n) is 1.37. The number of nitrogens with zero attached hydrogens (tertiary/aromatic N) is 1.